The second kappa shape index (κ2) is 6.11. The van der Waals surface area contributed by atoms with Gasteiger partial charge in [0.2, 0.25) is 5.91 Å². The average Bonchev–Trinajstić information content (AvgIpc) is 3.00. The van der Waals surface area contributed by atoms with Gasteiger partial charge >= 0.3 is 0 Å². The Labute approximate surface area is 92.8 Å². The fourth-order valence-corrected chi connectivity index (χ4v) is 1.83. The molecule has 3 heteroatoms. The number of rotatable bonds is 7. The molecule has 0 aromatic carbocycles. The zero-order valence-electron chi connectivity index (χ0n) is 9.96. The van der Waals surface area contributed by atoms with E-state index in [4.69, 9.17) is 5.73 Å². The molecule has 88 valence electrons. The number of amides is 1. The first kappa shape index (κ1) is 12.5. The first-order chi connectivity index (χ1) is 7.17. The minimum Gasteiger partial charge on any atom is -0.352 e. The van der Waals surface area contributed by atoms with Gasteiger partial charge in [-0.25, -0.2) is 0 Å². The maximum absolute atomic E-state index is 11.7. The van der Waals surface area contributed by atoms with E-state index in [1.807, 2.05) is 0 Å². The van der Waals surface area contributed by atoms with Gasteiger partial charge in [0.1, 0.15) is 0 Å². The Hall–Kier alpha value is -0.570. The summed E-state index contributed by atoms with van der Waals surface area (Å²) in [5, 5.41) is 3.06. The molecule has 0 aromatic rings. The number of hydrogen-bond acceptors (Lipinski definition) is 2. The second-order valence-corrected chi connectivity index (χ2v) is 4.69. The summed E-state index contributed by atoms with van der Waals surface area (Å²) >= 11 is 0. The van der Waals surface area contributed by atoms with Crippen LogP contribution < -0.4 is 11.1 Å². The molecule has 3 nitrogen and oxygen atoms in total. The quantitative estimate of drug-likeness (QED) is 0.676. The highest BCUT2D eigenvalue weighted by molar-refractivity contribution is 5.81. The standard InChI is InChI=1S/C12H24N2O/c1-3-5-11(13)12(15)14-10(4-2)8-9-6-7-9/h9-11H,3-8,13H2,1-2H3,(H,14,15)/t10?,11-/m0/s1. The van der Waals surface area contributed by atoms with E-state index >= 15 is 0 Å². The molecule has 0 aromatic heterocycles. The van der Waals surface area contributed by atoms with E-state index in [0.717, 1.165) is 31.6 Å². The molecule has 0 saturated heterocycles. The van der Waals surface area contributed by atoms with E-state index in [-0.39, 0.29) is 11.9 Å². The van der Waals surface area contributed by atoms with Gasteiger partial charge < -0.3 is 11.1 Å². The SMILES string of the molecule is CCC[C@H](N)C(=O)NC(CC)CC1CC1. The normalized spacial score (nSPS) is 19.7. The minimum atomic E-state index is -0.316. The fraction of sp³-hybridized carbons (Fsp3) is 0.917. The number of nitrogens with one attached hydrogen (secondary N) is 1. The summed E-state index contributed by atoms with van der Waals surface area (Å²) < 4.78 is 0. The number of carbonyl (C=O) groups excluding carboxylic acids is 1. The van der Waals surface area contributed by atoms with Gasteiger partial charge in [-0.05, 0) is 25.2 Å². The van der Waals surface area contributed by atoms with Crippen molar-refractivity contribution in [3.63, 3.8) is 0 Å². The monoisotopic (exact) mass is 212 g/mol. The molecule has 1 aliphatic rings. The number of carbonyl (C=O) groups is 1. The predicted molar refractivity (Wildman–Crippen MR) is 62.4 cm³/mol. The van der Waals surface area contributed by atoms with Crippen molar-refractivity contribution >= 4 is 5.91 Å². The lowest BCUT2D eigenvalue weighted by Crippen LogP contribution is -2.45. The topological polar surface area (TPSA) is 55.1 Å². The summed E-state index contributed by atoms with van der Waals surface area (Å²) in [4.78, 5) is 11.7. The molecule has 1 unspecified atom stereocenters. The zero-order valence-corrected chi connectivity index (χ0v) is 9.96. The van der Waals surface area contributed by atoms with Crippen LogP contribution in [-0.4, -0.2) is 18.0 Å². The van der Waals surface area contributed by atoms with Crippen LogP contribution in [0.5, 0.6) is 0 Å². The largest absolute Gasteiger partial charge is 0.352 e. The van der Waals surface area contributed by atoms with Crippen LogP contribution in [0.15, 0.2) is 0 Å². The van der Waals surface area contributed by atoms with Crippen LogP contribution in [0.2, 0.25) is 0 Å². The first-order valence-corrected chi connectivity index (χ1v) is 6.23. The van der Waals surface area contributed by atoms with Gasteiger partial charge in [0.25, 0.3) is 0 Å². The minimum absolute atomic E-state index is 0.0318. The molecule has 1 rings (SSSR count). The molecule has 2 atom stereocenters. The van der Waals surface area contributed by atoms with Crippen LogP contribution in [0.3, 0.4) is 0 Å². The summed E-state index contributed by atoms with van der Waals surface area (Å²) in [7, 11) is 0. The van der Waals surface area contributed by atoms with Crippen molar-refractivity contribution < 1.29 is 4.79 Å². The average molecular weight is 212 g/mol. The third-order valence-corrected chi connectivity index (χ3v) is 3.09. The van der Waals surface area contributed by atoms with E-state index in [9.17, 15) is 4.79 Å². The van der Waals surface area contributed by atoms with E-state index in [2.05, 4.69) is 19.2 Å². The summed E-state index contributed by atoms with van der Waals surface area (Å²) in [6.07, 6.45) is 6.59. The third kappa shape index (κ3) is 4.65. The van der Waals surface area contributed by atoms with Crippen molar-refractivity contribution in [3.8, 4) is 0 Å². The van der Waals surface area contributed by atoms with Crippen LogP contribution in [0, 0.1) is 5.92 Å². The van der Waals surface area contributed by atoms with Gasteiger partial charge in [0, 0.05) is 6.04 Å². The second-order valence-electron chi connectivity index (χ2n) is 4.69. The Morgan fingerprint density at radius 1 is 1.47 bits per heavy atom. The molecule has 0 radical (unpaired) electrons. The van der Waals surface area contributed by atoms with Gasteiger partial charge in [0.05, 0.1) is 6.04 Å². The summed E-state index contributed by atoms with van der Waals surface area (Å²) in [5.41, 5.74) is 5.77. The molecular formula is C12H24N2O. The van der Waals surface area contributed by atoms with Gasteiger partial charge in [-0.3, -0.25) is 4.79 Å². The van der Waals surface area contributed by atoms with Crippen LogP contribution in [0.4, 0.5) is 0 Å². The number of nitrogens with two attached hydrogens (primary N) is 1. The Morgan fingerprint density at radius 3 is 2.60 bits per heavy atom. The number of hydrogen-bond donors (Lipinski definition) is 2. The summed E-state index contributed by atoms with van der Waals surface area (Å²) in [5.74, 6) is 0.891. The van der Waals surface area contributed by atoms with Crippen molar-refractivity contribution in [1.29, 1.82) is 0 Å². The Kier molecular flexibility index (Phi) is 5.09. The predicted octanol–water partition coefficient (Wildman–Crippen LogP) is 1.81. The molecule has 15 heavy (non-hydrogen) atoms. The molecule has 0 aliphatic heterocycles. The lowest BCUT2D eigenvalue weighted by Gasteiger charge is -2.19. The molecular weight excluding hydrogens is 188 g/mol. The Balaban J connectivity index is 2.25. The molecule has 0 bridgehead atoms. The highest BCUT2D eigenvalue weighted by atomic mass is 16.2. The van der Waals surface area contributed by atoms with E-state index in [1.54, 1.807) is 0 Å². The van der Waals surface area contributed by atoms with E-state index < -0.39 is 0 Å². The lowest BCUT2D eigenvalue weighted by atomic mass is 10.1. The van der Waals surface area contributed by atoms with Crippen molar-refractivity contribution in [2.24, 2.45) is 11.7 Å². The molecule has 0 spiro atoms. The Morgan fingerprint density at radius 2 is 2.13 bits per heavy atom. The van der Waals surface area contributed by atoms with Crippen molar-refractivity contribution in [2.45, 2.75) is 64.5 Å². The van der Waals surface area contributed by atoms with Crippen molar-refractivity contribution in [1.82, 2.24) is 5.32 Å². The van der Waals surface area contributed by atoms with Crippen molar-refractivity contribution in [2.75, 3.05) is 0 Å². The Bertz CT molecular complexity index is 202. The lowest BCUT2D eigenvalue weighted by molar-refractivity contribution is -0.123. The molecule has 1 aliphatic carbocycles. The third-order valence-electron chi connectivity index (χ3n) is 3.09. The van der Waals surface area contributed by atoms with E-state index in [1.165, 1.54) is 12.8 Å². The van der Waals surface area contributed by atoms with Gasteiger partial charge in [-0.15, -0.1) is 0 Å². The highest BCUT2D eigenvalue weighted by Crippen LogP contribution is 2.33. The fourth-order valence-electron chi connectivity index (χ4n) is 1.83. The maximum atomic E-state index is 11.7. The van der Waals surface area contributed by atoms with Crippen LogP contribution in [-0.2, 0) is 4.79 Å². The van der Waals surface area contributed by atoms with Crippen LogP contribution in [0.25, 0.3) is 0 Å². The summed E-state index contributed by atoms with van der Waals surface area (Å²) in [6.45, 7) is 4.17. The van der Waals surface area contributed by atoms with Gasteiger partial charge in [-0.2, -0.15) is 0 Å². The van der Waals surface area contributed by atoms with Gasteiger partial charge in [0.15, 0.2) is 0 Å². The molecule has 0 heterocycles. The molecule has 1 fully saturated rings. The van der Waals surface area contributed by atoms with E-state index in [0.29, 0.717) is 6.04 Å². The van der Waals surface area contributed by atoms with Crippen LogP contribution >= 0.6 is 0 Å². The maximum Gasteiger partial charge on any atom is 0.237 e. The first-order valence-electron chi connectivity index (χ1n) is 6.23. The van der Waals surface area contributed by atoms with Crippen LogP contribution in [0.1, 0.15) is 52.4 Å². The zero-order chi connectivity index (χ0) is 11.3. The molecule has 1 amide bonds. The summed E-state index contributed by atoms with van der Waals surface area (Å²) in [6, 6.07) is 0.0242. The molecule has 1 saturated carbocycles. The highest BCUT2D eigenvalue weighted by Gasteiger charge is 2.26. The molecule has 3 N–H and O–H groups in total. The van der Waals surface area contributed by atoms with Gasteiger partial charge in [-0.1, -0.05) is 33.1 Å². The van der Waals surface area contributed by atoms with Crippen molar-refractivity contribution in [3.05, 3.63) is 0 Å². The smallest absolute Gasteiger partial charge is 0.237 e.